The highest BCUT2D eigenvalue weighted by Crippen LogP contribution is 2.39. The fourth-order valence-corrected chi connectivity index (χ4v) is 5.44. The molecule has 0 bridgehead atoms. The van der Waals surface area contributed by atoms with Crippen LogP contribution in [0.5, 0.6) is 0 Å². The number of nitrogens with one attached hydrogen (secondary N) is 1. The maximum atomic E-state index is 12.7. The molecule has 3 N–H and O–H groups in total. The topological polar surface area (TPSA) is 75.4 Å². The summed E-state index contributed by atoms with van der Waals surface area (Å²) >= 11 is 0. The Morgan fingerprint density at radius 1 is 1.19 bits per heavy atom. The summed E-state index contributed by atoms with van der Waals surface area (Å²) in [5.41, 5.74) is 5.69. The molecule has 6 heteroatoms. The van der Waals surface area contributed by atoms with E-state index in [1.165, 1.54) is 6.42 Å². The van der Waals surface area contributed by atoms with Crippen molar-refractivity contribution in [2.45, 2.75) is 76.8 Å². The first-order chi connectivity index (χ1) is 9.97. The van der Waals surface area contributed by atoms with Crippen molar-refractivity contribution in [1.82, 2.24) is 9.03 Å². The van der Waals surface area contributed by atoms with Crippen molar-refractivity contribution in [3.63, 3.8) is 0 Å². The van der Waals surface area contributed by atoms with E-state index < -0.39 is 10.2 Å². The molecule has 124 valence electrons. The average Bonchev–Trinajstić information content (AvgIpc) is 3.28. The molecular formula is C15H31N3O2S. The molecule has 0 aromatic rings. The Kier molecular flexibility index (Phi) is 5.68. The van der Waals surface area contributed by atoms with Crippen LogP contribution in [0.1, 0.15) is 65.2 Å². The van der Waals surface area contributed by atoms with Crippen LogP contribution in [0.15, 0.2) is 0 Å². The maximum absolute atomic E-state index is 12.7. The lowest BCUT2D eigenvalue weighted by Crippen LogP contribution is -2.60. The van der Waals surface area contributed by atoms with Gasteiger partial charge in [-0.2, -0.15) is 17.4 Å². The van der Waals surface area contributed by atoms with Crippen LogP contribution in [-0.2, 0) is 10.2 Å². The predicted octanol–water partition coefficient (Wildman–Crippen LogP) is 1.99. The summed E-state index contributed by atoms with van der Waals surface area (Å²) < 4.78 is 30.0. The summed E-state index contributed by atoms with van der Waals surface area (Å²) in [5.74, 6) is 0.729. The van der Waals surface area contributed by atoms with Gasteiger partial charge in [-0.25, -0.2) is 0 Å². The quantitative estimate of drug-likeness (QED) is 0.719. The average molecular weight is 317 g/mol. The van der Waals surface area contributed by atoms with E-state index in [0.717, 1.165) is 50.9 Å². The van der Waals surface area contributed by atoms with Gasteiger partial charge in [-0.3, -0.25) is 0 Å². The molecular weight excluding hydrogens is 286 g/mol. The second-order valence-electron chi connectivity index (χ2n) is 6.75. The Hall–Kier alpha value is -0.170. The van der Waals surface area contributed by atoms with Crippen molar-refractivity contribution in [1.29, 1.82) is 0 Å². The van der Waals surface area contributed by atoms with E-state index in [1.54, 1.807) is 4.31 Å². The molecule has 0 radical (unpaired) electrons. The molecule has 2 rings (SSSR count). The van der Waals surface area contributed by atoms with Crippen LogP contribution < -0.4 is 10.5 Å². The van der Waals surface area contributed by atoms with Crippen molar-refractivity contribution in [2.75, 3.05) is 13.1 Å². The largest absolute Gasteiger partial charge is 0.329 e. The fourth-order valence-electron chi connectivity index (χ4n) is 3.47. The van der Waals surface area contributed by atoms with Gasteiger partial charge in [0.2, 0.25) is 0 Å². The van der Waals surface area contributed by atoms with Gasteiger partial charge in [0.1, 0.15) is 0 Å². The highest BCUT2D eigenvalue weighted by Gasteiger charge is 2.45. The van der Waals surface area contributed by atoms with Gasteiger partial charge in [-0.05, 0) is 50.9 Å². The molecule has 0 aromatic heterocycles. The molecule has 2 fully saturated rings. The van der Waals surface area contributed by atoms with E-state index >= 15 is 0 Å². The number of nitrogens with two attached hydrogens (primary N) is 1. The second kappa shape index (κ2) is 6.94. The van der Waals surface area contributed by atoms with E-state index in [9.17, 15) is 8.42 Å². The highest BCUT2D eigenvalue weighted by atomic mass is 32.2. The number of rotatable bonds is 8. The van der Waals surface area contributed by atoms with Crippen LogP contribution in [0, 0.1) is 5.92 Å². The molecule has 21 heavy (non-hydrogen) atoms. The first-order valence-electron chi connectivity index (χ1n) is 8.47. The minimum Gasteiger partial charge on any atom is -0.329 e. The Bertz CT molecular complexity index is 426. The molecule has 0 amide bonds. The molecule has 5 nitrogen and oxygen atoms in total. The second-order valence-corrected chi connectivity index (χ2v) is 8.38. The zero-order valence-electron chi connectivity index (χ0n) is 13.5. The Morgan fingerprint density at radius 3 is 2.24 bits per heavy atom. The molecule has 0 aromatic carbocycles. The van der Waals surface area contributed by atoms with Crippen LogP contribution in [-0.4, -0.2) is 37.4 Å². The van der Waals surface area contributed by atoms with Gasteiger partial charge in [0, 0.05) is 24.7 Å². The molecule has 2 aliphatic carbocycles. The lowest BCUT2D eigenvalue weighted by molar-refractivity contribution is 0.109. The SMILES string of the molecule is CCCN(C1(CN)CCC(CC)CC1)S(=O)(=O)NC1CC1. The van der Waals surface area contributed by atoms with Crippen LogP contribution in [0.4, 0.5) is 0 Å². The molecule has 0 spiro atoms. The fraction of sp³-hybridized carbons (Fsp3) is 1.00. The van der Waals surface area contributed by atoms with E-state index in [0.29, 0.717) is 13.1 Å². The number of nitrogens with zero attached hydrogens (tertiary/aromatic N) is 1. The number of hydrogen-bond acceptors (Lipinski definition) is 3. The standard InChI is InChI=1S/C15H31N3O2S/c1-3-11-18(21(19,20)17-14-5-6-14)15(12-16)9-7-13(4-2)8-10-15/h13-14,17H,3-12,16H2,1-2H3. The molecule has 2 aliphatic rings. The van der Waals surface area contributed by atoms with Gasteiger partial charge < -0.3 is 5.73 Å². The smallest absolute Gasteiger partial charge is 0.280 e. The molecule has 0 atom stereocenters. The van der Waals surface area contributed by atoms with Crippen LogP contribution in [0.3, 0.4) is 0 Å². The Labute approximate surface area is 129 Å². The van der Waals surface area contributed by atoms with Gasteiger partial charge >= 0.3 is 0 Å². The summed E-state index contributed by atoms with van der Waals surface area (Å²) in [5, 5.41) is 0. The molecule has 2 saturated carbocycles. The zero-order valence-corrected chi connectivity index (χ0v) is 14.3. The minimum atomic E-state index is -3.41. The van der Waals surface area contributed by atoms with E-state index in [-0.39, 0.29) is 11.6 Å². The van der Waals surface area contributed by atoms with Crippen molar-refractivity contribution in [3.05, 3.63) is 0 Å². The predicted molar refractivity (Wildman–Crippen MR) is 86.1 cm³/mol. The molecule has 0 aliphatic heterocycles. The Morgan fingerprint density at radius 2 is 1.81 bits per heavy atom. The number of hydrogen-bond donors (Lipinski definition) is 2. The normalized spacial score (nSPS) is 30.8. The van der Waals surface area contributed by atoms with Crippen LogP contribution in [0.2, 0.25) is 0 Å². The van der Waals surface area contributed by atoms with Crippen molar-refractivity contribution < 1.29 is 8.42 Å². The lowest BCUT2D eigenvalue weighted by Gasteiger charge is -2.46. The van der Waals surface area contributed by atoms with Gasteiger partial charge in [0.25, 0.3) is 10.2 Å². The summed E-state index contributed by atoms with van der Waals surface area (Å²) in [6, 6.07) is 0.149. The minimum absolute atomic E-state index is 0.149. The Balaban J connectivity index is 2.17. The van der Waals surface area contributed by atoms with Gasteiger partial charge in [-0.15, -0.1) is 0 Å². The highest BCUT2D eigenvalue weighted by molar-refractivity contribution is 7.87. The van der Waals surface area contributed by atoms with E-state index in [1.807, 2.05) is 6.92 Å². The third-order valence-electron chi connectivity index (χ3n) is 5.13. The monoisotopic (exact) mass is 317 g/mol. The molecule has 0 heterocycles. The third kappa shape index (κ3) is 3.97. The maximum Gasteiger partial charge on any atom is 0.280 e. The van der Waals surface area contributed by atoms with Gasteiger partial charge in [0.05, 0.1) is 0 Å². The van der Waals surface area contributed by atoms with Crippen LogP contribution in [0.25, 0.3) is 0 Å². The van der Waals surface area contributed by atoms with E-state index in [4.69, 9.17) is 5.73 Å². The van der Waals surface area contributed by atoms with Crippen molar-refractivity contribution >= 4 is 10.2 Å². The van der Waals surface area contributed by atoms with Crippen LogP contribution >= 0.6 is 0 Å². The molecule has 0 unspecified atom stereocenters. The van der Waals surface area contributed by atoms with Gasteiger partial charge in [-0.1, -0.05) is 20.3 Å². The summed E-state index contributed by atoms with van der Waals surface area (Å²) in [7, 11) is -3.41. The first-order valence-corrected chi connectivity index (χ1v) is 9.91. The lowest BCUT2D eigenvalue weighted by atomic mass is 9.75. The van der Waals surface area contributed by atoms with Crippen molar-refractivity contribution in [2.24, 2.45) is 11.7 Å². The van der Waals surface area contributed by atoms with Gasteiger partial charge in [0.15, 0.2) is 0 Å². The zero-order chi connectivity index (χ0) is 15.5. The summed E-state index contributed by atoms with van der Waals surface area (Å²) in [4.78, 5) is 0. The molecule has 0 saturated heterocycles. The first kappa shape index (κ1) is 17.2. The summed E-state index contributed by atoms with van der Waals surface area (Å²) in [6.07, 6.45) is 7.91. The van der Waals surface area contributed by atoms with E-state index in [2.05, 4.69) is 11.6 Å². The van der Waals surface area contributed by atoms with Crippen molar-refractivity contribution in [3.8, 4) is 0 Å². The summed E-state index contributed by atoms with van der Waals surface area (Å²) in [6.45, 7) is 5.24. The third-order valence-corrected chi connectivity index (χ3v) is 6.91.